The quantitative estimate of drug-likeness (QED) is 0.556. The van der Waals surface area contributed by atoms with E-state index in [1.807, 2.05) is 8.18 Å². The molecule has 0 aliphatic carbocycles. The Bertz CT molecular complexity index is 36.8. The van der Waals surface area contributed by atoms with Crippen molar-refractivity contribution in [2.75, 3.05) is 0 Å². The zero-order chi connectivity index (χ0) is 4.12. The van der Waals surface area contributed by atoms with Crippen LogP contribution in [0.5, 0.6) is 0 Å². The third-order valence-electron chi connectivity index (χ3n) is 0.236. The van der Waals surface area contributed by atoms with E-state index in [-0.39, 0.29) is 26.6 Å². The predicted octanol–water partition coefficient (Wildman–Crippen LogP) is 0.153. The average Bonchev–Trinajstić information content (AvgIpc) is 1.41. The van der Waals surface area contributed by atoms with E-state index in [1.54, 1.807) is 0 Å². The topological polar surface area (TPSA) is 31.5 Å². The summed E-state index contributed by atoms with van der Waals surface area (Å²) in [7, 11) is 0. The average molecular weight is 191 g/mol. The molecule has 0 rings (SSSR count). The molecule has 0 amide bonds. The molecule has 0 aromatic heterocycles. The Morgan fingerprint density at radius 2 is 1.50 bits per heavy atom. The van der Waals surface area contributed by atoms with Crippen molar-refractivity contribution in [2.45, 2.75) is 0 Å². The van der Waals surface area contributed by atoms with Crippen LogP contribution >= 0.6 is 0 Å². The smallest absolute Gasteiger partial charge is 0.412 e. The van der Waals surface area contributed by atoms with Gasteiger partial charge in [0.1, 0.15) is 0 Å². The van der Waals surface area contributed by atoms with Crippen molar-refractivity contribution in [2.24, 2.45) is 0 Å². The summed E-state index contributed by atoms with van der Waals surface area (Å²) in [5.74, 6) is 0. The predicted molar refractivity (Wildman–Crippen MR) is 29.8 cm³/mol. The van der Waals surface area contributed by atoms with Gasteiger partial charge in [-0.05, 0) is 0 Å². The molecule has 0 aromatic rings. The molecule has 34 valence electrons. The van der Waals surface area contributed by atoms with Gasteiger partial charge in [-0.25, -0.2) is 0 Å². The van der Waals surface area contributed by atoms with Crippen LogP contribution in [0.15, 0.2) is 21.3 Å². The molecule has 0 aliphatic rings. The zero-order valence-electron chi connectivity index (χ0n) is 3.57. The van der Waals surface area contributed by atoms with Gasteiger partial charge in [-0.3, -0.25) is 0 Å². The van der Waals surface area contributed by atoms with Gasteiger partial charge in [-0.2, -0.15) is 0 Å². The number of rotatable bonds is 2. The van der Waals surface area contributed by atoms with Crippen molar-refractivity contribution in [3.05, 3.63) is 21.3 Å². The second-order valence-electron chi connectivity index (χ2n) is 0.575. The molecular formula is C4H8OSn. The Labute approximate surface area is 48.3 Å². The normalized spacial score (nSPS) is 5.33. The summed E-state index contributed by atoms with van der Waals surface area (Å²) < 4.78 is 3.96. The third-order valence-corrected chi connectivity index (χ3v) is 1.58. The minimum atomic E-state index is -0.254. The molecule has 2 N–H and O–H groups in total. The molecule has 0 atom stereocenters. The first kappa shape index (κ1) is 9.53. The van der Waals surface area contributed by atoms with Crippen LogP contribution in [0.25, 0.3) is 0 Å². The molecule has 2 heteroatoms. The molecule has 0 fully saturated rings. The van der Waals surface area contributed by atoms with Crippen molar-refractivity contribution in [3.63, 3.8) is 0 Å². The molecule has 0 saturated carbocycles. The standard InChI is InChI=1S/2C2H3.H2O.Sn/c2*1-2;;/h2*1H,2H2;1H2;. The summed E-state index contributed by atoms with van der Waals surface area (Å²) in [6, 6.07) is 0. The second kappa shape index (κ2) is 8.97. The van der Waals surface area contributed by atoms with E-state index < -0.39 is 0 Å². The van der Waals surface area contributed by atoms with Gasteiger partial charge in [0.05, 0.1) is 0 Å². The van der Waals surface area contributed by atoms with Gasteiger partial charge in [-0.1, -0.05) is 0 Å². The maximum Gasteiger partial charge on any atom is -0.412 e. The van der Waals surface area contributed by atoms with Gasteiger partial charge in [0, 0.05) is 0 Å². The van der Waals surface area contributed by atoms with Crippen molar-refractivity contribution in [1.82, 2.24) is 0 Å². The maximum atomic E-state index is 3.55. The summed E-state index contributed by atoms with van der Waals surface area (Å²) in [6.07, 6.45) is 0. The molecule has 0 saturated heterocycles. The fourth-order valence-electron chi connectivity index (χ4n) is 0.0833. The first-order valence-corrected chi connectivity index (χ1v) is 4.69. The summed E-state index contributed by atoms with van der Waals surface area (Å²) in [4.78, 5) is 0. The van der Waals surface area contributed by atoms with Crippen molar-refractivity contribution >= 4 is 21.1 Å². The Kier molecular flexibility index (Phi) is 14.3. The molecule has 0 heterocycles. The largest absolute Gasteiger partial charge is 0.412 e. The van der Waals surface area contributed by atoms with Crippen LogP contribution in [0.2, 0.25) is 0 Å². The SMILES string of the molecule is C=[CH][Sn][CH]=C.O. The molecule has 0 unspecified atom stereocenters. The van der Waals surface area contributed by atoms with E-state index in [0.717, 1.165) is 0 Å². The Morgan fingerprint density at radius 1 is 1.17 bits per heavy atom. The van der Waals surface area contributed by atoms with E-state index in [4.69, 9.17) is 0 Å². The molecule has 0 bridgehead atoms. The molecule has 6 heavy (non-hydrogen) atoms. The van der Waals surface area contributed by atoms with Crippen LogP contribution < -0.4 is 0 Å². The fraction of sp³-hybridized carbons (Fsp3) is 0. The molecule has 0 spiro atoms. The van der Waals surface area contributed by atoms with Gasteiger partial charge in [0.25, 0.3) is 0 Å². The summed E-state index contributed by atoms with van der Waals surface area (Å²) in [5.41, 5.74) is 0. The fourth-order valence-corrected chi connectivity index (χ4v) is 0.559. The zero-order valence-corrected chi connectivity index (χ0v) is 6.42. The van der Waals surface area contributed by atoms with Crippen LogP contribution in [-0.2, 0) is 0 Å². The minimum absolute atomic E-state index is 0. The molecule has 0 aromatic carbocycles. The van der Waals surface area contributed by atoms with Crippen LogP contribution in [0, 0.1) is 0 Å². The Hall–Kier alpha value is 0.239. The van der Waals surface area contributed by atoms with Crippen LogP contribution in [0.3, 0.4) is 0 Å². The Morgan fingerprint density at radius 3 is 1.50 bits per heavy atom. The molecular weight excluding hydrogens is 183 g/mol. The van der Waals surface area contributed by atoms with Gasteiger partial charge < -0.3 is 5.48 Å². The maximum absolute atomic E-state index is 3.55. The first-order chi connectivity index (χ1) is 2.41. The minimum Gasteiger partial charge on any atom is -0.412 e. The van der Waals surface area contributed by atoms with E-state index in [2.05, 4.69) is 13.2 Å². The second-order valence-corrected chi connectivity index (χ2v) is 3.86. The van der Waals surface area contributed by atoms with Gasteiger partial charge >= 0.3 is 42.5 Å². The first-order valence-electron chi connectivity index (χ1n) is 1.39. The van der Waals surface area contributed by atoms with Crippen LogP contribution in [0.1, 0.15) is 0 Å². The van der Waals surface area contributed by atoms with E-state index in [9.17, 15) is 0 Å². The van der Waals surface area contributed by atoms with Gasteiger partial charge in [-0.15, -0.1) is 0 Å². The van der Waals surface area contributed by atoms with Gasteiger partial charge in [0.15, 0.2) is 0 Å². The number of hydrogen-bond donors (Lipinski definition) is 0. The van der Waals surface area contributed by atoms with E-state index >= 15 is 0 Å². The van der Waals surface area contributed by atoms with Crippen molar-refractivity contribution in [1.29, 1.82) is 0 Å². The molecule has 2 radical (unpaired) electrons. The number of hydrogen-bond acceptors (Lipinski definition) is 0. The van der Waals surface area contributed by atoms with E-state index in [0.29, 0.717) is 0 Å². The Balaban J connectivity index is 0. The molecule has 0 aliphatic heterocycles. The summed E-state index contributed by atoms with van der Waals surface area (Å²) >= 11 is -0.254. The summed E-state index contributed by atoms with van der Waals surface area (Å²) in [6.45, 7) is 7.11. The monoisotopic (exact) mass is 192 g/mol. The van der Waals surface area contributed by atoms with E-state index in [1.165, 1.54) is 0 Å². The summed E-state index contributed by atoms with van der Waals surface area (Å²) in [5, 5.41) is 0. The van der Waals surface area contributed by atoms with Crippen LogP contribution in [-0.4, -0.2) is 26.6 Å². The molecule has 1 nitrogen and oxygen atoms in total. The van der Waals surface area contributed by atoms with Crippen LogP contribution in [0.4, 0.5) is 0 Å². The van der Waals surface area contributed by atoms with Crippen molar-refractivity contribution < 1.29 is 5.48 Å². The third kappa shape index (κ3) is 8.87. The van der Waals surface area contributed by atoms with Gasteiger partial charge in [0.2, 0.25) is 0 Å². The van der Waals surface area contributed by atoms with Crippen molar-refractivity contribution in [3.8, 4) is 0 Å².